The van der Waals surface area contributed by atoms with Crippen molar-refractivity contribution in [3.63, 3.8) is 0 Å². The van der Waals surface area contributed by atoms with Crippen molar-refractivity contribution in [1.29, 1.82) is 0 Å². The third kappa shape index (κ3) is 5.36. The molecule has 0 aromatic heterocycles. The van der Waals surface area contributed by atoms with E-state index in [1.807, 2.05) is 55.5 Å². The van der Waals surface area contributed by atoms with Crippen molar-refractivity contribution in [3.8, 4) is 0 Å². The quantitative estimate of drug-likeness (QED) is 0.250. The maximum atomic E-state index is 12.1. The fourth-order valence-electron chi connectivity index (χ4n) is 1.77. The number of carbonyl (C=O) groups excluding carboxylic acids is 1. The number of ketones is 1. The Balaban J connectivity index is 2.04. The fourth-order valence-corrected chi connectivity index (χ4v) is 3.27. The number of rotatable bonds is 7. The van der Waals surface area contributed by atoms with Crippen LogP contribution >= 0.6 is 0 Å². The van der Waals surface area contributed by atoms with Gasteiger partial charge in [-0.1, -0.05) is 0 Å². The van der Waals surface area contributed by atoms with Crippen LogP contribution in [0.15, 0.2) is 83.5 Å². The number of carbonyl (C=O) groups is 1. The van der Waals surface area contributed by atoms with E-state index in [-0.39, 0.29) is 20.7 Å². The van der Waals surface area contributed by atoms with Crippen LogP contribution in [0.25, 0.3) is 0 Å². The van der Waals surface area contributed by atoms with Gasteiger partial charge in [0.05, 0.1) is 0 Å². The van der Waals surface area contributed by atoms with Gasteiger partial charge in [0.15, 0.2) is 0 Å². The minimum absolute atomic E-state index is 0.0154. The summed E-state index contributed by atoms with van der Waals surface area (Å²) in [6.45, 7) is 2.52. The summed E-state index contributed by atoms with van der Waals surface area (Å²) in [5.41, 5.74) is 0.683. The topological polar surface area (TPSA) is 26.3 Å². The van der Waals surface area contributed by atoms with E-state index in [2.05, 4.69) is 17.1 Å². The number of allylic oxidation sites excluding steroid dienone is 2. The van der Waals surface area contributed by atoms with Gasteiger partial charge in [0, 0.05) is 0 Å². The second kappa shape index (κ2) is 9.04. The second-order valence-electron chi connectivity index (χ2n) is 4.45. The van der Waals surface area contributed by atoms with E-state index in [0.717, 1.165) is 5.76 Å². The van der Waals surface area contributed by atoms with Crippen molar-refractivity contribution in [3.05, 3.63) is 89.1 Å². The molecule has 0 aliphatic heterocycles. The summed E-state index contributed by atoms with van der Waals surface area (Å²) in [5.74, 6) is 0.731. The SMILES string of the molecule is CCOC(/C=C/C(=O)c1ccccc1)=C/[Se]c1ccccc1. The molecule has 0 radical (unpaired) electrons. The van der Waals surface area contributed by atoms with Crippen LogP contribution in [-0.4, -0.2) is 27.3 Å². The summed E-state index contributed by atoms with van der Waals surface area (Å²) in [7, 11) is 0. The molecule has 3 heteroatoms. The molecule has 0 heterocycles. The van der Waals surface area contributed by atoms with Crippen molar-refractivity contribution in [1.82, 2.24) is 0 Å². The Labute approximate surface area is 137 Å². The first-order valence-electron chi connectivity index (χ1n) is 7.11. The number of benzene rings is 2. The monoisotopic (exact) mass is 358 g/mol. The molecule has 2 aromatic carbocycles. The van der Waals surface area contributed by atoms with E-state index in [0.29, 0.717) is 12.2 Å². The van der Waals surface area contributed by atoms with Crippen LogP contribution in [0.1, 0.15) is 17.3 Å². The molecule has 112 valence electrons. The predicted molar refractivity (Wildman–Crippen MR) is 91.5 cm³/mol. The van der Waals surface area contributed by atoms with Crippen LogP contribution in [-0.2, 0) is 4.74 Å². The summed E-state index contributed by atoms with van der Waals surface area (Å²) in [4.78, 5) is 14.1. The molecular formula is C19H18O2Se. The summed E-state index contributed by atoms with van der Waals surface area (Å²) < 4.78 is 6.86. The van der Waals surface area contributed by atoms with E-state index < -0.39 is 0 Å². The van der Waals surface area contributed by atoms with Gasteiger partial charge in [-0.15, -0.1) is 0 Å². The molecule has 0 saturated carbocycles. The predicted octanol–water partition coefficient (Wildman–Crippen LogP) is 3.33. The Morgan fingerprint density at radius 2 is 1.64 bits per heavy atom. The summed E-state index contributed by atoms with van der Waals surface area (Å²) >= 11 is 0.186. The summed E-state index contributed by atoms with van der Waals surface area (Å²) in [6, 6.07) is 19.5. The average Bonchev–Trinajstić information content (AvgIpc) is 2.59. The first-order valence-corrected chi connectivity index (χ1v) is 8.96. The molecule has 0 bridgehead atoms. The molecule has 22 heavy (non-hydrogen) atoms. The molecule has 0 spiro atoms. The van der Waals surface area contributed by atoms with E-state index in [1.54, 1.807) is 12.2 Å². The molecular weight excluding hydrogens is 339 g/mol. The molecule has 0 aliphatic carbocycles. The fraction of sp³-hybridized carbons (Fsp3) is 0.105. The van der Waals surface area contributed by atoms with Gasteiger partial charge < -0.3 is 0 Å². The van der Waals surface area contributed by atoms with Gasteiger partial charge in [-0.3, -0.25) is 0 Å². The zero-order chi connectivity index (χ0) is 15.6. The van der Waals surface area contributed by atoms with Crippen LogP contribution in [0.2, 0.25) is 0 Å². The minimum atomic E-state index is -0.0154. The van der Waals surface area contributed by atoms with Crippen LogP contribution in [0.5, 0.6) is 0 Å². The van der Waals surface area contributed by atoms with Gasteiger partial charge in [0.2, 0.25) is 0 Å². The van der Waals surface area contributed by atoms with Gasteiger partial charge in [-0.05, 0) is 0 Å². The van der Waals surface area contributed by atoms with Gasteiger partial charge in [0.1, 0.15) is 0 Å². The number of ether oxygens (including phenoxy) is 1. The first-order chi connectivity index (χ1) is 10.8. The second-order valence-corrected chi connectivity index (χ2v) is 6.43. The van der Waals surface area contributed by atoms with E-state index in [4.69, 9.17) is 4.74 Å². The Morgan fingerprint density at radius 3 is 2.27 bits per heavy atom. The van der Waals surface area contributed by atoms with E-state index >= 15 is 0 Å². The Kier molecular flexibility index (Phi) is 6.69. The zero-order valence-electron chi connectivity index (χ0n) is 12.4. The van der Waals surface area contributed by atoms with Crippen molar-refractivity contribution < 1.29 is 9.53 Å². The molecule has 0 aliphatic rings. The maximum absolute atomic E-state index is 12.1. The molecule has 0 N–H and O–H groups in total. The molecule has 0 fully saturated rings. The molecule has 2 aromatic rings. The molecule has 0 saturated heterocycles. The first kappa shape index (κ1) is 16.3. The molecule has 2 rings (SSSR count). The van der Waals surface area contributed by atoms with Crippen molar-refractivity contribution in [2.45, 2.75) is 6.92 Å². The normalized spacial score (nSPS) is 11.6. The zero-order valence-corrected chi connectivity index (χ0v) is 14.2. The Morgan fingerprint density at radius 1 is 1.00 bits per heavy atom. The van der Waals surface area contributed by atoms with Gasteiger partial charge in [-0.2, -0.15) is 0 Å². The Bertz CT molecular complexity index is 646. The average molecular weight is 357 g/mol. The third-order valence-corrected chi connectivity index (χ3v) is 4.70. The van der Waals surface area contributed by atoms with Gasteiger partial charge >= 0.3 is 137 Å². The van der Waals surface area contributed by atoms with Crippen LogP contribution < -0.4 is 4.46 Å². The summed E-state index contributed by atoms with van der Waals surface area (Å²) in [5, 5.41) is 0. The van der Waals surface area contributed by atoms with Crippen molar-refractivity contribution in [2.24, 2.45) is 0 Å². The van der Waals surface area contributed by atoms with Crippen LogP contribution in [0, 0.1) is 0 Å². The third-order valence-electron chi connectivity index (χ3n) is 2.82. The number of hydrogen-bond donors (Lipinski definition) is 0. The van der Waals surface area contributed by atoms with Gasteiger partial charge in [0.25, 0.3) is 0 Å². The molecule has 0 amide bonds. The Hall–Kier alpha value is -2.09. The molecule has 0 unspecified atom stereocenters. The van der Waals surface area contributed by atoms with Crippen molar-refractivity contribution >= 4 is 25.2 Å². The summed E-state index contributed by atoms with van der Waals surface area (Å²) in [6.07, 6.45) is 3.32. The molecule has 0 atom stereocenters. The van der Waals surface area contributed by atoms with E-state index in [9.17, 15) is 4.79 Å². The van der Waals surface area contributed by atoms with Crippen molar-refractivity contribution in [2.75, 3.05) is 6.61 Å². The number of hydrogen-bond acceptors (Lipinski definition) is 2. The standard InChI is InChI=1S/C19H18O2Se/c1-2-21-17(15-22-18-11-7-4-8-12-18)13-14-19(20)16-9-5-3-6-10-16/h3-15H,2H2,1H3/b14-13+,17-15+. The van der Waals surface area contributed by atoms with Crippen LogP contribution in [0.3, 0.4) is 0 Å². The van der Waals surface area contributed by atoms with E-state index in [1.165, 1.54) is 4.46 Å². The van der Waals surface area contributed by atoms with Gasteiger partial charge in [-0.25, -0.2) is 0 Å². The van der Waals surface area contributed by atoms with Crippen LogP contribution in [0.4, 0.5) is 0 Å². The molecule has 2 nitrogen and oxygen atoms in total.